The van der Waals surface area contributed by atoms with Gasteiger partial charge in [0.1, 0.15) is 0 Å². The number of thiophene rings is 1. The molecule has 1 aromatic heterocycles. The molecule has 0 saturated heterocycles. The standard InChI is InChI=1S/C58H39NS/c1-2-13-40(14-3-1)41-27-29-44(30-28-41)53-22-6-8-25-56(53)59(49-34-31-42(32-35-49)47-33-36-55-54-23-7-9-26-57(54)60-58(55)39-47)50-20-11-18-46(38-50)45-17-10-19-48(37-45)52-24-12-16-43-15-4-5-21-51(43)52/h1-39H. The summed E-state index contributed by atoms with van der Waals surface area (Å²) in [5.41, 5.74) is 15.3. The Kier molecular flexibility index (Phi) is 9.11. The van der Waals surface area contributed by atoms with Crippen molar-refractivity contribution in [2.75, 3.05) is 4.90 Å². The quantitative estimate of drug-likeness (QED) is 0.148. The summed E-state index contributed by atoms with van der Waals surface area (Å²) in [5.74, 6) is 0. The molecule has 0 spiro atoms. The minimum atomic E-state index is 1.09. The van der Waals surface area contributed by atoms with Gasteiger partial charge in [-0.2, -0.15) is 0 Å². The van der Waals surface area contributed by atoms with E-state index in [1.807, 2.05) is 11.3 Å². The van der Waals surface area contributed by atoms with Crippen LogP contribution in [0.15, 0.2) is 237 Å². The van der Waals surface area contributed by atoms with Gasteiger partial charge in [0.05, 0.1) is 5.69 Å². The number of nitrogens with zero attached hydrogens (tertiary/aromatic N) is 1. The fourth-order valence-corrected chi connectivity index (χ4v) is 9.83. The average molecular weight is 782 g/mol. The van der Waals surface area contributed by atoms with Gasteiger partial charge in [0, 0.05) is 37.1 Å². The molecular formula is C58H39NS. The lowest BCUT2D eigenvalue weighted by Gasteiger charge is -2.28. The minimum Gasteiger partial charge on any atom is -0.310 e. The normalized spacial score (nSPS) is 11.3. The largest absolute Gasteiger partial charge is 0.310 e. The predicted octanol–water partition coefficient (Wildman–Crippen LogP) is 17.0. The fraction of sp³-hybridized carbons (Fsp3) is 0. The van der Waals surface area contributed by atoms with E-state index in [9.17, 15) is 0 Å². The third kappa shape index (κ3) is 6.63. The van der Waals surface area contributed by atoms with Crippen LogP contribution in [0.1, 0.15) is 0 Å². The Labute approximate surface area is 354 Å². The molecule has 0 radical (unpaired) electrons. The van der Waals surface area contributed by atoms with Gasteiger partial charge in [0.15, 0.2) is 0 Å². The smallest absolute Gasteiger partial charge is 0.0540 e. The number of rotatable bonds is 8. The SMILES string of the molecule is c1ccc(-c2ccc(-c3ccccc3N(c3ccc(-c4ccc5c(c4)sc4ccccc45)cc3)c3cccc(-c4cccc(-c5cccc6ccccc56)c4)c3)cc2)cc1. The van der Waals surface area contributed by atoms with Crippen molar-refractivity contribution in [1.29, 1.82) is 0 Å². The number of fused-ring (bicyclic) bond motifs is 4. The van der Waals surface area contributed by atoms with Crippen LogP contribution in [-0.2, 0) is 0 Å². The lowest BCUT2D eigenvalue weighted by atomic mass is 9.95. The van der Waals surface area contributed by atoms with Crippen LogP contribution >= 0.6 is 11.3 Å². The molecule has 1 heterocycles. The van der Waals surface area contributed by atoms with E-state index in [1.165, 1.54) is 81.0 Å². The highest BCUT2D eigenvalue weighted by Crippen LogP contribution is 2.44. The first-order chi connectivity index (χ1) is 29.7. The summed E-state index contributed by atoms with van der Waals surface area (Å²) in [6.07, 6.45) is 0. The van der Waals surface area contributed by atoms with Crippen molar-refractivity contribution in [3.63, 3.8) is 0 Å². The Morgan fingerprint density at radius 3 is 1.67 bits per heavy atom. The van der Waals surface area contributed by atoms with Gasteiger partial charge in [0.25, 0.3) is 0 Å². The van der Waals surface area contributed by atoms with E-state index in [0.29, 0.717) is 0 Å². The molecule has 282 valence electrons. The summed E-state index contributed by atoms with van der Waals surface area (Å²) in [5, 5.41) is 5.15. The van der Waals surface area contributed by atoms with Crippen molar-refractivity contribution in [3.8, 4) is 55.6 Å². The molecule has 11 aromatic rings. The molecule has 60 heavy (non-hydrogen) atoms. The summed E-state index contributed by atoms with van der Waals surface area (Å²) in [4.78, 5) is 2.41. The highest BCUT2D eigenvalue weighted by molar-refractivity contribution is 7.25. The minimum absolute atomic E-state index is 1.09. The van der Waals surface area contributed by atoms with E-state index in [-0.39, 0.29) is 0 Å². The molecular weight excluding hydrogens is 743 g/mol. The maximum atomic E-state index is 2.41. The number of hydrogen-bond acceptors (Lipinski definition) is 2. The Hall–Kier alpha value is -7.52. The maximum Gasteiger partial charge on any atom is 0.0540 e. The molecule has 0 saturated carbocycles. The van der Waals surface area contributed by atoms with Crippen LogP contribution in [0.4, 0.5) is 17.1 Å². The highest BCUT2D eigenvalue weighted by atomic mass is 32.1. The molecule has 0 aliphatic heterocycles. The predicted molar refractivity (Wildman–Crippen MR) is 259 cm³/mol. The third-order valence-corrected chi connectivity index (χ3v) is 12.8. The summed E-state index contributed by atoms with van der Waals surface area (Å²) < 4.78 is 2.64. The van der Waals surface area contributed by atoms with Crippen molar-refractivity contribution in [2.24, 2.45) is 0 Å². The first-order valence-corrected chi connectivity index (χ1v) is 21.3. The molecule has 11 rings (SSSR count). The van der Waals surface area contributed by atoms with Gasteiger partial charge in [-0.1, -0.05) is 188 Å². The van der Waals surface area contributed by atoms with Crippen molar-refractivity contribution < 1.29 is 0 Å². The van der Waals surface area contributed by atoms with E-state index in [0.717, 1.165) is 22.6 Å². The van der Waals surface area contributed by atoms with Crippen LogP contribution < -0.4 is 4.90 Å². The second kappa shape index (κ2) is 15.3. The molecule has 0 aliphatic carbocycles. The van der Waals surface area contributed by atoms with Crippen LogP contribution in [0.3, 0.4) is 0 Å². The van der Waals surface area contributed by atoms with Crippen LogP contribution in [-0.4, -0.2) is 0 Å². The molecule has 0 aliphatic rings. The third-order valence-electron chi connectivity index (χ3n) is 11.7. The fourth-order valence-electron chi connectivity index (χ4n) is 8.69. The van der Waals surface area contributed by atoms with Gasteiger partial charge < -0.3 is 4.90 Å². The topological polar surface area (TPSA) is 3.24 Å². The lowest BCUT2D eigenvalue weighted by Crippen LogP contribution is -2.11. The van der Waals surface area contributed by atoms with Gasteiger partial charge in [0.2, 0.25) is 0 Å². The van der Waals surface area contributed by atoms with Gasteiger partial charge in [-0.25, -0.2) is 0 Å². The maximum absolute atomic E-state index is 2.41. The second-order valence-electron chi connectivity index (χ2n) is 15.3. The van der Waals surface area contributed by atoms with Crippen molar-refractivity contribution >= 4 is 59.3 Å². The van der Waals surface area contributed by atoms with E-state index < -0.39 is 0 Å². The van der Waals surface area contributed by atoms with E-state index >= 15 is 0 Å². The molecule has 0 bridgehead atoms. The second-order valence-corrected chi connectivity index (χ2v) is 16.4. The van der Waals surface area contributed by atoms with Gasteiger partial charge >= 0.3 is 0 Å². The summed E-state index contributed by atoms with van der Waals surface area (Å²) in [7, 11) is 0. The molecule has 0 amide bonds. The monoisotopic (exact) mass is 781 g/mol. The number of hydrogen-bond donors (Lipinski definition) is 0. The number of benzene rings is 10. The zero-order valence-electron chi connectivity index (χ0n) is 32.9. The van der Waals surface area contributed by atoms with E-state index in [4.69, 9.17) is 0 Å². The summed E-state index contributed by atoms with van der Waals surface area (Å²) in [6, 6.07) is 86.2. The molecule has 0 N–H and O–H groups in total. The van der Waals surface area contributed by atoms with Crippen molar-refractivity contribution in [1.82, 2.24) is 0 Å². The van der Waals surface area contributed by atoms with Gasteiger partial charge in [-0.3, -0.25) is 0 Å². The molecule has 2 heteroatoms. The first kappa shape index (κ1) is 35.6. The van der Waals surface area contributed by atoms with Crippen LogP contribution in [0, 0.1) is 0 Å². The Balaban J connectivity index is 1.01. The molecule has 0 unspecified atom stereocenters. The van der Waals surface area contributed by atoms with E-state index in [2.05, 4.69) is 241 Å². The molecule has 0 atom stereocenters. The Bertz CT molecular complexity index is 3300. The van der Waals surface area contributed by atoms with Crippen LogP contribution in [0.25, 0.3) is 86.6 Å². The van der Waals surface area contributed by atoms with Crippen LogP contribution in [0.2, 0.25) is 0 Å². The molecule has 1 nitrogen and oxygen atoms in total. The van der Waals surface area contributed by atoms with Gasteiger partial charge in [-0.05, 0) is 109 Å². The lowest BCUT2D eigenvalue weighted by molar-refractivity contribution is 1.28. The molecule has 0 fully saturated rings. The first-order valence-electron chi connectivity index (χ1n) is 20.5. The number of para-hydroxylation sites is 1. The van der Waals surface area contributed by atoms with Crippen molar-refractivity contribution in [2.45, 2.75) is 0 Å². The van der Waals surface area contributed by atoms with Crippen molar-refractivity contribution in [3.05, 3.63) is 237 Å². The van der Waals surface area contributed by atoms with Gasteiger partial charge in [-0.15, -0.1) is 11.3 Å². The Morgan fingerprint density at radius 1 is 0.267 bits per heavy atom. The number of anilines is 3. The zero-order valence-corrected chi connectivity index (χ0v) is 33.7. The van der Waals surface area contributed by atoms with Crippen LogP contribution in [0.5, 0.6) is 0 Å². The summed E-state index contributed by atoms with van der Waals surface area (Å²) >= 11 is 1.86. The average Bonchev–Trinajstić information content (AvgIpc) is 3.70. The highest BCUT2D eigenvalue weighted by Gasteiger charge is 2.19. The Morgan fingerprint density at radius 2 is 0.800 bits per heavy atom. The zero-order chi connectivity index (χ0) is 39.8. The summed E-state index contributed by atoms with van der Waals surface area (Å²) in [6.45, 7) is 0. The van der Waals surface area contributed by atoms with E-state index in [1.54, 1.807) is 0 Å². The molecule has 10 aromatic carbocycles.